The Balaban J connectivity index is 0.879. The molecule has 0 aliphatic carbocycles. The van der Waals surface area contributed by atoms with Crippen molar-refractivity contribution in [2.45, 2.75) is 0 Å². The van der Waals surface area contributed by atoms with Gasteiger partial charge in [0.1, 0.15) is 0 Å². The number of hydrogen-bond donors (Lipinski definition) is 0. The lowest BCUT2D eigenvalue weighted by atomic mass is 9.95. The Labute approximate surface area is 384 Å². The van der Waals surface area contributed by atoms with Crippen LogP contribution in [0.5, 0.6) is 0 Å². The Kier molecular flexibility index (Phi) is 9.81. The second kappa shape index (κ2) is 16.7. The fourth-order valence-corrected chi connectivity index (χ4v) is 9.36. The molecule has 0 radical (unpaired) electrons. The summed E-state index contributed by atoms with van der Waals surface area (Å²) in [7, 11) is 0. The molecule has 12 rings (SSSR count). The van der Waals surface area contributed by atoms with E-state index in [1.54, 1.807) is 0 Å². The molecule has 0 fully saturated rings. The third-order valence-electron chi connectivity index (χ3n) is 12.6. The van der Waals surface area contributed by atoms with Crippen molar-refractivity contribution in [2.24, 2.45) is 0 Å². The summed E-state index contributed by atoms with van der Waals surface area (Å²) in [5.74, 6) is 0. The van der Waals surface area contributed by atoms with Crippen LogP contribution in [0, 0.1) is 0 Å². The Morgan fingerprint density at radius 1 is 0.258 bits per heavy atom. The highest BCUT2D eigenvalue weighted by molar-refractivity contribution is 6.16. The first kappa shape index (κ1) is 38.8. The van der Waals surface area contributed by atoms with Crippen LogP contribution in [0.25, 0.3) is 77.0 Å². The van der Waals surface area contributed by atoms with E-state index >= 15 is 0 Å². The molecule has 0 saturated heterocycles. The van der Waals surface area contributed by atoms with Crippen LogP contribution < -0.4 is 9.80 Å². The van der Waals surface area contributed by atoms with Crippen LogP contribution in [-0.2, 0) is 0 Å². The summed E-state index contributed by atoms with van der Waals surface area (Å²) in [5, 5.41) is 5.72. The monoisotopic (exact) mass is 842 g/mol. The van der Waals surface area contributed by atoms with E-state index in [0.29, 0.717) is 0 Å². The van der Waals surface area contributed by atoms with Gasteiger partial charge in [0.05, 0.1) is 22.2 Å². The minimum atomic E-state index is 0.905. The van der Waals surface area contributed by atoms with Crippen molar-refractivity contribution in [3.05, 3.63) is 255 Å². The molecule has 0 aliphatic heterocycles. The van der Waals surface area contributed by atoms with Crippen molar-refractivity contribution in [1.29, 1.82) is 0 Å². The molecule has 0 unspecified atom stereocenters. The Morgan fingerprint density at radius 3 is 1.39 bits per heavy atom. The van der Waals surface area contributed by atoms with E-state index in [1.165, 1.54) is 21.9 Å². The first-order valence-corrected chi connectivity index (χ1v) is 22.4. The second-order valence-electron chi connectivity index (χ2n) is 16.6. The molecule has 0 bridgehead atoms. The lowest BCUT2D eigenvalue weighted by Gasteiger charge is -2.28. The lowest BCUT2D eigenvalue weighted by molar-refractivity contribution is 1.26. The van der Waals surface area contributed by atoms with Crippen molar-refractivity contribution < 1.29 is 0 Å². The van der Waals surface area contributed by atoms with Gasteiger partial charge < -0.3 is 9.80 Å². The highest BCUT2D eigenvalue weighted by Crippen LogP contribution is 2.41. The summed E-state index contributed by atoms with van der Waals surface area (Å²) in [6, 6.07) is 90.5. The summed E-state index contributed by atoms with van der Waals surface area (Å²) in [6.45, 7) is 0. The van der Waals surface area contributed by atoms with Gasteiger partial charge in [0.15, 0.2) is 0 Å². The minimum Gasteiger partial charge on any atom is -0.311 e. The van der Waals surface area contributed by atoms with Gasteiger partial charge in [-0.3, -0.25) is 0 Å². The van der Waals surface area contributed by atoms with Gasteiger partial charge in [-0.25, -0.2) is 9.97 Å². The third-order valence-corrected chi connectivity index (χ3v) is 12.6. The molecule has 2 aromatic heterocycles. The molecular weight excluding hydrogens is 801 g/mol. The van der Waals surface area contributed by atoms with E-state index < -0.39 is 0 Å². The second-order valence-corrected chi connectivity index (χ2v) is 16.6. The van der Waals surface area contributed by atoms with Crippen molar-refractivity contribution in [3.63, 3.8) is 0 Å². The quantitative estimate of drug-likeness (QED) is 0.107. The first-order valence-electron chi connectivity index (χ1n) is 22.4. The molecule has 12 aromatic rings. The SMILES string of the molecule is c1ccc(-c2c3ccccc3nc3c2ccc2ccc(-c4ccc(-c5ccc(N(c6ccc(N(c7ccccc7)c7ccccc7)cc6)c6ccc7ccccc7c6)cc5)cc4)nc23)cc1. The van der Waals surface area contributed by atoms with Crippen molar-refractivity contribution in [1.82, 2.24) is 9.97 Å². The zero-order chi connectivity index (χ0) is 43.8. The van der Waals surface area contributed by atoms with Gasteiger partial charge in [0, 0.05) is 61.4 Å². The van der Waals surface area contributed by atoms with Gasteiger partial charge in [0.25, 0.3) is 0 Å². The number of pyridine rings is 2. The molecule has 310 valence electrons. The number of fused-ring (bicyclic) bond motifs is 5. The topological polar surface area (TPSA) is 32.3 Å². The zero-order valence-electron chi connectivity index (χ0n) is 36.0. The molecule has 66 heavy (non-hydrogen) atoms. The number of anilines is 6. The Hall–Kier alpha value is -8.86. The van der Waals surface area contributed by atoms with Crippen molar-refractivity contribution in [2.75, 3.05) is 9.80 Å². The van der Waals surface area contributed by atoms with E-state index in [9.17, 15) is 0 Å². The molecule has 2 heterocycles. The van der Waals surface area contributed by atoms with Gasteiger partial charge in [-0.2, -0.15) is 0 Å². The van der Waals surface area contributed by atoms with Crippen LogP contribution in [0.2, 0.25) is 0 Å². The van der Waals surface area contributed by atoms with Crippen LogP contribution in [0.3, 0.4) is 0 Å². The maximum Gasteiger partial charge on any atom is 0.0978 e. The summed E-state index contributed by atoms with van der Waals surface area (Å²) < 4.78 is 0. The van der Waals surface area contributed by atoms with Crippen LogP contribution in [-0.4, -0.2) is 9.97 Å². The normalized spacial score (nSPS) is 11.3. The first-order chi connectivity index (χ1) is 32.7. The maximum absolute atomic E-state index is 5.30. The summed E-state index contributed by atoms with van der Waals surface area (Å²) >= 11 is 0. The molecule has 0 amide bonds. The van der Waals surface area contributed by atoms with Crippen LogP contribution in [0.1, 0.15) is 0 Å². The molecular formula is C62H42N4. The number of benzene rings is 10. The number of hydrogen-bond acceptors (Lipinski definition) is 4. The fraction of sp³-hybridized carbons (Fsp3) is 0. The average Bonchev–Trinajstić information content (AvgIpc) is 3.39. The van der Waals surface area contributed by atoms with E-state index in [-0.39, 0.29) is 0 Å². The molecule has 4 heteroatoms. The van der Waals surface area contributed by atoms with Gasteiger partial charge in [0.2, 0.25) is 0 Å². The Morgan fingerprint density at radius 2 is 0.727 bits per heavy atom. The maximum atomic E-state index is 5.30. The molecule has 0 aliphatic rings. The largest absolute Gasteiger partial charge is 0.311 e. The van der Waals surface area contributed by atoms with Gasteiger partial charge >= 0.3 is 0 Å². The number of para-hydroxylation sites is 3. The van der Waals surface area contributed by atoms with E-state index in [0.717, 1.165) is 89.2 Å². The average molecular weight is 843 g/mol. The van der Waals surface area contributed by atoms with E-state index in [2.05, 4.69) is 265 Å². The van der Waals surface area contributed by atoms with Gasteiger partial charge in [-0.15, -0.1) is 0 Å². The fourth-order valence-electron chi connectivity index (χ4n) is 9.36. The van der Waals surface area contributed by atoms with Crippen molar-refractivity contribution in [3.8, 4) is 33.5 Å². The standard InChI is InChI=1S/C62H42N4/c1-4-15-47(16-5-1)60-56-22-12-13-23-59(56)64-62-57(60)40-31-48-32-41-58(63-61(48)62)46-26-24-44(25-27-46)45-28-33-52(34-29-45)66(55-35-30-43-14-10-11-17-49(43)42-55)54-38-36-53(37-39-54)65(50-18-6-2-7-19-50)51-20-8-3-9-21-51/h1-42H. The number of rotatable bonds is 9. The molecule has 10 aromatic carbocycles. The molecule has 0 atom stereocenters. The summed E-state index contributed by atoms with van der Waals surface area (Å²) in [4.78, 5) is 15.2. The van der Waals surface area contributed by atoms with E-state index in [4.69, 9.17) is 9.97 Å². The van der Waals surface area contributed by atoms with Crippen LogP contribution in [0.4, 0.5) is 34.1 Å². The molecule has 0 N–H and O–H groups in total. The van der Waals surface area contributed by atoms with Crippen LogP contribution >= 0.6 is 0 Å². The van der Waals surface area contributed by atoms with Gasteiger partial charge in [-0.1, -0.05) is 170 Å². The van der Waals surface area contributed by atoms with Crippen molar-refractivity contribution >= 4 is 77.6 Å². The molecule has 4 nitrogen and oxygen atoms in total. The third kappa shape index (κ3) is 7.17. The highest BCUT2D eigenvalue weighted by Gasteiger charge is 2.18. The lowest BCUT2D eigenvalue weighted by Crippen LogP contribution is -2.12. The molecule has 0 spiro atoms. The number of aromatic nitrogens is 2. The minimum absolute atomic E-state index is 0.905. The summed E-state index contributed by atoms with van der Waals surface area (Å²) in [6.07, 6.45) is 0. The molecule has 0 saturated carbocycles. The van der Waals surface area contributed by atoms with E-state index in [1.807, 2.05) is 0 Å². The Bertz CT molecular complexity index is 3630. The predicted molar refractivity (Wildman–Crippen MR) is 278 cm³/mol. The van der Waals surface area contributed by atoms with Gasteiger partial charge in [-0.05, 0) is 112 Å². The van der Waals surface area contributed by atoms with Crippen LogP contribution in [0.15, 0.2) is 255 Å². The highest BCUT2D eigenvalue weighted by atomic mass is 15.2. The summed E-state index contributed by atoms with van der Waals surface area (Å²) in [5.41, 5.74) is 15.9. The zero-order valence-corrected chi connectivity index (χ0v) is 36.0. The predicted octanol–water partition coefficient (Wildman–Crippen LogP) is 17.0. The smallest absolute Gasteiger partial charge is 0.0978 e. The number of nitrogens with zero attached hydrogens (tertiary/aromatic N) is 4.